The minimum absolute atomic E-state index is 0.124. The van der Waals surface area contributed by atoms with Crippen LogP contribution in [0.3, 0.4) is 0 Å². The number of nitrogens with one attached hydrogen (secondary N) is 1. The molecule has 0 spiro atoms. The molecule has 2 rings (SSSR count). The van der Waals surface area contributed by atoms with E-state index in [1.54, 1.807) is 24.3 Å². The van der Waals surface area contributed by atoms with Gasteiger partial charge in [-0.05, 0) is 24.3 Å². The second kappa shape index (κ2) is 5.65. The third-order valence-electron chi connectivity index (χ3n) is 1.87. The van der Waals surface area contributed by atoms with E-state index >= 15 is 0 Å². The van der Waals surface area contributed by atoms with Crippen molar-refractivity contribution in [3.63, 3.8) is 0 Å². The van der Waals surface area contributed by atoms with Gasteiger partial charge in [0.25, 0.3) is 5.91 Å². The molecule has 0 bridgehead atoms. The van der Waals surface area contributed by atoms with E-state index in [1.165, 1.54) is 0 Å². The molecule has 0 aliphatic carbocycles. The first kappa shape index (κ1) is 12.6. The molecular formula is C10H9ClN4O2S. The second-order valence-corrected chi connectivity index (χ2v) is 4.68. The molecular weight excluding hydrogens is 276 g/mol. The summed E-state index contributed by atoms with van der Waals surface area (Å²) in [4.78, 5) is 11.5. The van der Waals surface area contributed by atoms with Gasteiger partial charge in [0, 0.05) is 5.02 Å². The fraction of sp³-hybridized carbons (Fsp3) is 0.100. The Bertz CT molecular complexity index is 543. The molecule has 0 aliphatic heterocycles. The predicted octanol–water partition coefficient (Wildman–Crippen LogP) is 1.79. The number of nitrogen functional groups attached to an aromatic ring is 1. The monoisotopic (exact) mass is 284 g/mol. The lowest BCUT2D eigenvalue weighted by molar-refractivity contribution is -0.118. The summed E-state index contributed by atoms with van der Waals surface area (Å²) in [6, 6.07) is 6.72. The minimum Gasteiger partial charge on any atom is -0.484 e. The van der Waals surface area contributed by atoms with Crippen molar-refractivity contribution >= 4 is 39.1 Å². The molecule has 3 N–H and O–H groups in total. The van der Waals surface area contributed by atoms with E-state index in [2.05, 4.69) is 15.5 Å². The minimum atomic E-state index is -0.332. The first-order valence-electron chi connectivity index (χ1n) is 4.90. The van der Waals surface area contributed by atoms with Crippen molar-refractivity contribution in [3.05, 3.63) is 29.3 Å². The van der Waals surface area contributed by atoms with Crippen LogP contribution in [0.2, 0.25) is 5.02 Å². The number of ether oxygens (including phenoxy) is 1. The number of rotatable bonds is 4. The fourth-order valence-corrected chi connectivity index (χ4v) is 1.77. The average molecular weight is 285 g/mol. The van der Waals surface area contributed by atoms with Gasteiger partial charge in [0.05, 0.1) is 0 Å². The van der Waals surface area contributed by atoms with Crippen LogP contribution in [0.1, 0.15) is 0 Å². The van der Waals surface area contributed by atoms with Gasteiger partial charge in [0.2, 0.25) is 10.3 Å². The largest absolute Gasteiger partial charge is 0.484 e. The van der Waals surface area contributed by atoms with Crippen LogP contribution in [0, 0.1) is 0 Å². The Kier molecular flexibility index (Phi) is 3.96. The third kappa shape index (κ3) is 3.57. The SMILES string of the molecule is Nc1nnc(NC(=O)COc2ccc(Cl)cc2)s1. The van der Waals surface area contributed by atoms with Gasteiger partial charge in [-0.15, -0.1) is 10.2 Å². The van der Waals surface area contributed by atoms with Crippen molar-refractivity contribution < 1.29 is 9.53 Å². The number of nitrogens with two attached hydrogens (primary N) is 1. The third-order valence-corrected chi connectivity index (χ3v) is 2.79. The Morgan fingerprint density at radius 3 is 2.72 bits per heavy atom. The maximum absolute atomic E-state index is 11.5. The molecule has 0 radical (unpaired) electrons. The summed E-state index contributed by atoms with van der Waals surface area (Å²) in [5.41, 5.74) is 5.38. The van der Waals surface area contributed by atoms with E-state index in [-0.39, 0.29) is 12.5 Å². The van der Waals surface area contributed by atoms with Gasteiger partial charge in [0.1, 0.15) is 5.75 Å². The molecule has 1 aromatic carbocycles. The summed E-state index contributed by atoms with van der Waals surface area (Å²) in [6.45, 7) is -0.124. The molecule has 18 heavy (non-hydrogen) atoms. The van der Waals surface area contributed by atoms with Gasteiger partial charge >= 0.3 is 0 Å². The molecule has 6 nitrogen and oxygen atoms in total. The summed E-state index contributed by atoms with van der Waals surface area (Å²) >= 11 is 6.81. The highest BCUT2D eigenvalue weighted by atomic mass is 35.5. The first-order valence-corrected chi connectivity index (χ1v) is 6.10. The zero-order chi connectivity index (χ0) is 13.0. The van der Waals surface area contributed by atoms with Gasteiger partial charge in [-0.3, -0.25) is 10.1 Å². The molecule has 0 saturated carbocycles. The van der Waals surface area contributed by atoms with Gasteiger partial charge in [-0.2, -0.15) is 0 Å². The van der Waals surface area contributed by atoms with E-state index < -0.39 is 0 Å². The molecule has 0 unspecified atom stereocenters. The molecule has 1 heterocycles. The summed E-state index contributed by atoms with van der Waals surface area (Å²) in [5.74, 6) is 0.229. The standard InChI is InChI=1S/C10H9ClN4O2S/c11-6-1-3-7(4-2-6)17-5-8(16)13-10-15-14-9(12)18-10/h1-4H,5H2,(H2,12,14)(H,13,15,16). The zero-order valence-corrected chi connectivity index (χ0v) is 10.7. The van der Waals surface area contributed by atoms with Gasteiger partial charge in [-0.1, -0.05) is 22.9 Å². The van der Waals surface area contributed by atoms with Crippen LogP contribution < -0.4 is 15.8 Å². The molecule has 1 amide bonds. The smallest absolute Gasteiger partial charge is 0.264 e. The summed E-state index contributed by atoms with van der Waals surface area (Å²) in [7, 11) is 0. The normalized spacial score (nSPS) is 10.1. The van der Waals surface area contributed by atoms with E-state index in [9.17, 15) is 4.79 Å². The molecule has 0 atom stereocenters. The Morgan fingerprint density at radius 1 is 1.39 bits per heavy atom. The Balaban J connectivity index is 1.83. The van der Waals surface area contributed by atoms with Crippen LogP contribution in [0.15, 0.2) is 24.3 Å². The van der Waals surface area contributed by atoms with Crippen molar-refractivity contribution in [3.8, 4) is 5.75 Å². The summed E-state index contributed by atoms with van der Waals surface area (Å²) < 4.78 is 5.26. The molecule has 0 aliphatic rings. The van der Waals surface area contributed by atoms with Crippen LogP contribution in [-0.4, -0.2) is 22.7 Å². The molecule has 0 saturated heterocycles. The quantitative estimate of drug-likeness (QED) is 0.893. The number of carbonyl (C=O) groups excluding carboxylic acids is 1. The fourth-order valence-electron chi connectivity index (χ4n) is 1.12. The number of halogens is 1. The van der Waals surface area contributed by atoms with Crippen LogP contribution in [0.4, 0.5) is 10.3 Å². The van der Waals surface area contributed by atoms with E-state index in [4.69, 9.17) is 22.1 Å². The van der Waals surface area contributed by atoms with Crippen molar-refractivity contribution in [2.75, 3.05) is 17.7 Å². The van der Waals surface area contributed by atoms with Crippen LogP contribution in [-0.2, 0) is 4.79 Å². The van der Waals surface area contributed by atoms with Gasteiger partial charge in [-0.25, -0.2) is 0 Å². The Morgan fingerprint density at radius 2 is 2.11 bits per heavy atom. The lowest BCUT2D eigenvalue weighted by Gasteiger charge is -2.05. The number of hydrogen-bond donors (Lipinski definition) is 2. The van der Waals surface area contributed by atoms with Gasteiger partial charge < -0.3 is 10.5 Å². The van der Waals surface area contributed by atoms with Crippen molar-refractivity contribution in [1.82, 2.24) is 10.2 Å². The summed E-state index contributed by atoms with van der Waals surface area (Å²) in [6.07, 6.45) is 0. The number of benzene rings is 1. The van der Waals surface area contributed by atoms with E-state index in [1.807, 2.05) is 0 Å². The maximum atomic E-state index is 11.5. The molecule has 1 aromatic heterocycles. The second-order valence-electron chi connectivity index (χ2n) is 3.24. The maximum Gasteiger partial charge on any atom is 0.264 e. The number of aromatic nitrogens is 2. The highest BCUT2D eigenvalue weighted by Gasteiger charge is 2.07. The van der Waals surface area contributed by atoms with Crippen molar-refractivity contribution in [2.24, 2.45) is 0 Å². The van der Waals surface area contributed by atoms with Crippen LogP contribution in [0.25, 0.3) is 0 Å². The van der Waals surface area contributed by atoms with Crippen molar-refractivity contribution in [1.29, 1.82) is 0 Å². The zero-order valence-electron chi connectivity index (χ0n) is 9.09. The van der Waals surface area contributed by atoms with Crippen molar-refractivity contribution in [2.45, 2.75) is 0 Å². The first-order chi connectivity index (χ1) is 8.63. The molecule has 8 heteroatoms. The molecule has 94 valence electrons. The van der Waals surface area contributed by atoms with Crippen LogP contribution in [0.5, 0.6) is 5.75 Å². The highest BCUT2D eigenvalue weighted by Crippen LogP contribution is 2.17. The number of anilines is 2. The number of amides is 1. The molecule has 0 fully saturated rings. The lowest BCUT2D eigenvalue weighted by atomic mass is 10.3. The summed E-state index contributed by atoms with van der Waals surface area (Å²) in [5, 5.41) is 11.0. The molecule has 2 aromatic rings. The topological polar surface area (TPSA) is 90.1 Å². The van der Waals surface area contributed by atoms with Gasteiger partial charge in [0.15, 0.2) is 6.61 Å². The predicted molar refractivity (Wildman–Crippen MR) is 69.9 cm³/mol. The number of nitrogens with zero attached hydrogens (tertiary/aromatic N) is 2. The Labute approximate surface area is 112 Å². The van der Waals surface area contributed by atoms with E-state index in [0.29, 0.717) is 21.0 Å². The van der Waals surface area contributed by atoms with E-state index in [0.717, 1.165) is 11.3 Å². The highest BCUT2D eigenvalue weighted by molar-refractivity contribution is 7.18. The average Bonchev–Trinajstić information content (AvgIpc) is 2.74. The number of carbonyl (C=O) groups is 1. The number of hydrogen-bond acceptors (Lipinski definition) is 6. The van der Waals surface area contributed by atoms with Crippen LogP contribution >= 0.6 is 22.9 Å². The lowest BCUT2D eigenvalue weighted by Crippen LogP contribution is -2.20. The Hall–Kier alpha value is -1.86.